The molecule has 7 heteroatoms. The molecule has 0 bridgehead atoms. The molecule has 0 fully saturated rings. The average molecular weight is 266 g/mol. The third-order valence-corrected chi connectivity index (χ3v) is 3.06. The van der Waals surface area contributed by atoms with E-state index in [2.05, 4.69) is 4.74 Å². The van der Waals surface area contributed by atoms with Crippen molar-refractivity contribution in [3.05, 3.63) is 34.4 Å². The number of non-ortho nitro benzene ring substituents is 1. The van der Waals surface area contributed by atoms with E-state index in [0.29, 0.717) is 0 Å². The monoisotopic (exact) mass is 266 g/mol. The minimum absolute atomic E-state index is 0.000870. The fourth-order valence-corrected chi connectivity index (χ4v) is 1.99. The number of thioether (sulfide) groups is 1. The Kier molecular flexibility index (Phi) is 5.14. The van der Waals surface area contributed by atoms with Gasteiger partial charge in [0.2, 0.25) is 0 Å². The van der Waals surface area contributed by atoms with Crippen LogP contribution >= 0.6 is 11.8 Å². The van der Waals surface area contributed by atoms with Crippen LogP contribution in [0.25, 0.3) is 0 Å². The molecule has 0 amide bonds. The van der Waals surface area contributed by atoms with Crippen LogP contribution in [0, 0.1) is 21.4 Å². The zero-order valence-electron chi connectivity index (χ0n) is 9.53. The first-order chi connectivity index (χ1) is 8.54. The van der Waals surface area contributed by atoms with Crippen LogP contribution in [0.4, 0.5) is 5.69 Å². The zero-order chi connectivity index (χ0) is 13.5. The molecule has 0 saturated heterocycles. The van der Waals surface area contributed by atoms with Crippen molar-refractivity contribution in [2.24, 2.45) is 0 Å². The Hall–Kier alpha value is -2.07. The van der Waals surface area contributed by atoms with Gasteiger partial charge in [-0.3, -0.25) is 14.9 Å². The van der Waals surface area contributed by atoms with Crippen molar-refractivity contribution in [1.82, 2.24) is 0 Å². The Morgan fingerprint density at radius 3 is 2.67 bits per heavy atom. The van der Waals surface area contributed by atoms with Crippen LogP contribution in [0.3, 0.4) is 0 Å². The first-order valence-electron chi connectivity index (χ1n) is 4.99. The second-order valence-corrected chi connectivity index (χ2v) is 4.69. The Morgan fingerprint density at radius 2 is 2.17 bits per heavy atom. The highest BCUT2D eigenvalue weighted by Crippen LogP contribution is 2.25. The molecular weight excluding hydrogens is 256 g/mol. The highest BCUT2D eigenvalue weighted by Gasteiger charge is 2.16. The maximum Gasteiger partial charge on any atom is 0.320 e. The number of nitrogens with zero attached hydrogens (tertiary/aromatic N) is 2. The molecule has 0 aliphatic carbocycles. The molecule has 18 heavy (non-hydrogen) atoms. The van der Waals surface area contributed by atoms with Gasteiger partial charge in [0.25, 0.3) is 5.69 Å². The minimum Gasteiger partial charge on any atom is -0.449 e. The van der Waals surface area contributed by atoms with Gasteiger partial charge in [0.1, 0.15) is 11.3 Å². The van der Waals surface area contributed by atoms with Crippen LogP contribution in [0.15, 0.2) is 29.2 Å². The Labute approximate surface area is 108 Å². The summed E-state index contributed by atoms with van der Waals surface area (Å²) in [6.45, 7) is 1.37. The molecule has 0 saturated carbocycles. The third kappa shape index (κ3) is 4.07. The predicted molar refractivity (Wildman–Crippen MR) is 65.0 cm³/mol. The van der Waals surface area contributed by atoms with Gasteiger partial charge < -0.3 is 4.74 Å². The first kappa shape index (κ1) is 14.0. The molecule has 94 valence electrons. The number of carbonyl (C=O) groups excluding carboxylic acids is 1. The number of carbonyl (C=O) groups is 1. The predicted octanol–water partition coefficient (Wildman–Crippen LogP) is 2.14. The summed E-state index contributed by atoms with van der Waals surface area (Å²) in [4.78, 5) is 22.1. The van der Waals surface area contributed by atoms with E-state index in [4.69, 9.17) is 5.26 Å². The normalized spacial score (nSPS) is 11.3. The molecule has 1 aromatic rings. The number of nitriles is 1. The van der Waals surface area contributed by atoms with Crippen molar-refractivity contribution >= 4 is 23.4 Å². The Balaban J connectivity index is 2.59. The maximum absolute atomic E-state index is 11.4. The van der Waals surface area contributed by atoms with Crippen LogP contribution in [0.5, 0.6) is 0 Å². The van der Waals surface area contributed by atoms with Gasteiger partial charge in [0, 0.05) is 17.0 Å². The molecule has 1 aromatic carbocycles. The standard InChI is InChI=1S/C11H10N2O4S/c1-8(11(14)17-7-6-12)18-10-4-2-9(3-5-10)13(15)16/h2-5,8H,7H2,1H3. The smallest absolute Gasteiger partial charge is 0.320 e. The van der Waals surface area contributed by atoms with Gasteiger partial charge in [-0.15, -0.1) is 11.8 Å². The van der Waals surface area contributed by atoms with E-state index in [0.717, 1.165) is 4.90 Å². The van der Waals surface area contributed by atoms with Crippen molar-refractivity contribution in [3.63, 3.8) is 0 Å². The van der Waals surface area contributed by atoms with Crippen LogP contribution in [0.2, 0.25) is 0 Å². The van der Waals surface area contributed by atoms with Gasteiger partial charge in [-0.05, 0) is 19.1 Å². The van der Waals surface area contributed by atoms with Crippen LogP contribution < -0.4 is 0 Å². The lowest BCUT2D eigenvalue weighted by Crippen LogP contribution is -2.16. The van der Waals surface area contributed by atoms with Crippen LogP contribution in [0.1, 0.15) is 6.92 Å². The molecule has 0 heterocycles. The second-order valence-electron chi connectivity index (χ2n) is 3.28. The van der Waals surface area contributed by atoms with E-state index in [-0.39, 0.29) is 12.3 Å². The Morgan fingerprint density at radius 1 is 1.56 bits per heavy atom. The molecule has 1 unspecified atom stereocenters. The van der Waals surface area contributed by atoms with Gasteiger partial charge in [-0.2, -0.15) is 5.26 Å². The summed E-state index contributed by atoms with van der Waals surface area (Å²) in [7, 11) is 0. The zero-order valence-corrected chi connectivity index (χ0v) is 10.3. The molecule has 0 spiro atoms. The number of nitro benzene ring substituents is 1. The lowest BCUT2D eigenvalue weighted by atomic mass is 10.3. The van der Waals surface area contributed by atoms with Gasteiger partial charge in [-0.25, -0.2) is 0 Å². The minimum atomic E-state index is -0.487. The van der Waals surface area contributed by atoms with E-state index in [9.17, 15) is 14.9 Å². The largest absolute Gasteiger partial charge is 0.449 e. The van der Waals surface area contributed by atoms with Crippen molar-refractivity contribution in [1.29, 1.82) is 5.26 Å². The van der Waals surface area contributed by atoms with Crippen molar-refractivity contribution < 1.29 is 14.5 Å². The number of hydrogen-bond acceptors (Lipinski definition) is 6. The molecule has 0 aromatic heterocycles. The molecule has 6 nitrogen and oxygen atoms in total. The topological polar surface area (TPSA) is 93.2 Å². The summed E-state index contributed by atoms with van der Waals surface area (Å²) in [6.07, 6.45) is 0. The molecule has 1 atom stereocenters. The van der Waals surface area contributed by atoms with Crippen LogP contribution in [-0.4, -0.2) is 22.7 Å². The van der Waals surface area contributed by atoms with Crippen LogP contribution in [-0.2, 0) is 9.53 Å². The summed E-state index contributed by atoms with van der Waals surface area (Å²) in [5, 5.41) is 18.3. The molecule has 0 aliphatic rings. The summed E-state index contributed by atoms with van der Waals surface area (Å²) >= 11 is 1.22. The molecule has 1 rings (SSSR count). The number of rotatable bonds is 5. The Bertz CT molecular complexity index is 481. The second kappa shape index (κ2) is 6.61. The van der Waals surface area contributed by atoms with Gasteiger partial charge in [-0.1, -0.05) is 0 Å². The summed E-state index contributed by atoms with van der Waals surface area (Å²) in [5.41, 5.74) is -0.000870. The van der Waals surface area contributed by atoms with E-state index in [1.54, 1.807) is 25.1 Å². The SMILES string of the molecule is CC(Sc1ccc([N+](=O)[O-])cc1)C(=O)OCC#N. The third-order valence-electron chi connectivity index (χ3n) is 1.97. The molecular formula is C11H10N2O4S. The van der Waals surface area contributed by atoms with E-state index in [1.165, 1.54) is 23.9 Å². The van der Waals surface area contributed by atoms with Crippen molar-refractivity contribution in [3.8, 4) is 6.07 Å². The number of esters is 1. The molecule has 0 radical (unpaired) electrons. The highest BCUT2D eigenvalue weighted by molar-refractivity contribution is 8.00. The van der Waals surface area contributed by atoms with Crippen molar-refractivity contribution in [2.75, 3.05) is 6.61 Å². The van der Waals surface area contributed by atoms with E-state index >= 15 is 0 Å². The molecule has 0 N–H and O–H groups in total. The van der Waals surface area contributed by atoms with Gasteiger partial charge in [0.05, 0.1) is 4.92 Å². The van der Waals surface area contributed by atoms with Crippen molar-refractivity contribution in [2.45, 2.75) is 17.1 Å². The number of nitro groups is 1. The summed E-state index contributed by atoms with van der Waals surface area (Å²) in [6, 6.07) is 7.58. The maximum atomic E-state index is 11.4. The highest BCUT2D eigenvalue weighted by atomic mass is 32.2. The summed E-state index contributed by atoms with van der Waals surface area (Å²) in [5.74, 6) is -0.486. The lowest BCUT2D eigenvalue weighted by Gasteiger charge is -2.08. The first-order valence-corrected chi connectivity index (χ1v) is 5.87. The number of benzene rings is 1. The average Bonchev–Trinajstić information content (AvgIpc) is 2.36. The molecule has 0 aliphatic heterocycles. The quantitative estimate of drug-likeness (QED) is 0.351. The van der Waals surface area contributed by atoms with E-state index in [1.807, 2.05) is 0 Å². The van der Waals surface area contributed by atoms with E-state index < -0.39 is 16.1 Å². The lowest BCUT2D eigenvalue weighted by molar-refractivity contribution is -0.384. The van der Waals surface area contributed by atoms with Gasteiger partial charge in [0.15, 0.2) is 6.61 Å². The van der Waals surface area contributed by atoms with Gasteiger partial charge >= 0.3 is 5.97 Å². The number of hydrogen-bond donors (Lipinski definition) is 0. The fourth-order valence-electron chi connectivity index (χ4n) is 1.12. The summed E-state index contributed by atoms with van der Waals surface area (Å²) < 4.78 is 4.66. The fraction of sp³-hybridized carbons (Fsp3) is 0.273. The number of ether oxygens (including phenoxy) is 1.